The zero-order valence-corrected chi connectivity index (χ0v) is 16.6. The highest BCUT2D eigenvalue weighted by atomic mass is 32.1. The molecule has 1 unspecified atom stereocenters. The van der Waals surface area contributed by atoms with Crippen LogP contribution in [0, 0.1) is 4.77 Å². The summed E-state index contributed by atoms with van der Waals surface area (Å²) in [5.74, 6) is -0.237. The minimum absolute atomic E-state index is 0.0642. The van der Waals surface area contributed by atoms with E-state index in [1.165, 1.54) is 10.8 Å². The zero-order valence-electron chi connectivity index (χ0n) is 15.7. The molecule has 0 bridgehead atoms. The van der Waals surface area contributed by atoms with Gasteiger partial charge in [-0.2, -0.15) is 0 Å². The average Bonchev–Trinajstić information content (AvgIpc) is 2.74. The van der Waals surface area contributed by atoms with E-state index in [-0.39, 0.29) is 22.3 Å². The van der Waals surface area contributed by atoms with Gasteiger partial charge in [-0.3, -0.25) is 19.3 Å². The first-order valence-corrected chi connectivity index (χ1v) is 9.61. The molecule has 0 aliphatic rings. The molecule has 0 aliphatic carbocycles. The van der Waals surface area contributed by atoms with Crippen molar-refractivity contribution in [2.24, 2.45) is 4.99 Å². The topological polar surface area (TPSA) is 70.4 Å². The number of aromatic hydroxyl groups is 1. The van der Waals surface area contributed by atoms with Crippen LogP contribution in [0.4, 0.5) is 0 Å². The maximum atomic E-state index is 12.5. The summed E-state index contributed by atoms with van der Waals surface area (Å²) in [6.45, 7) is 1.93. The second-order valence-electron chi connectivity index (χ2n) is 6.70. The van der Waals surface area contributed by atoms with E-state index in [1.807, 2.05) is 79.7 Å². The molecule has 1 atom stereocenters. The van der Waals surface area contributed by atoms with Crippen molar-refractivity contribution < 1.29 is 5.11 Å². The fourth-order valence-electron chi connectivity index (χ4n) is 3.29. The lowest BCUT2D eigenvalue weighted by Crippen LogP contribution is -2.18. The maximum absolute atomic E-state index is 12.5. The third kappa shape index (κ3) is 3.62. The molecule has 1 heterocycles. The lowest BCUT2D eigenvalue weighted by Gasteiger charge is -2.14. The van der Waals surface area contributed by atoms with Gasteiger partial charge in [-0.05, 0) is 36.2 Å². The highest BCUT2D eigenvalue weighted by Gasteiger charge is 2.14. The van der Waals surface area contributed by atoms with Crippen molar-refractivity contribution in [3.8, 4) is 11.6 Å². The molecular weight excluding hydrogens is 382 g/mol. The van der Waals surface area contributed by atoms with Crippen LogP contribution in [0.1, 0.15) is 24.1 Å². The lowest BCUT2D eigenvalue weighted by atomic mass is 10.1. The predicted molar refractivity (Wildman–Crippen MR) is 119 cm³/mol. The van der Waals surface area contributed by atoms with Gasteiger partial charge in [0.15, 0.2) is 4.77 Å². The van der Waals surface area contributed by atoms with E-state index in [0.717, 1.165) is 16.3 Å². The van der Waals surface area contributed by atoms with Gasteiger partial charge in [-0.15, -0.1) is 0 Å². The van der Waals surface area contributed by atoms with Gasteiger partial charge in [0.1, 0.15) is 5.56 Å². The van der Waals surface area contributed by atoms with E-state index in [9.17, 15) is 9.90 Å². The summed E-state index contributed by atoms with van der Waals surface area (Å²) < 4.78 is 1.59. The van der Waals surface area contributed by atoms with Crippen LogP contribution < -0.4 is 5.56 Å². The number of H-pyrrole nitrogens is 1. The Labute approximate surface area is 172 Å². The number of nitrogens with zero attached hydrogens (tertiary/aromatic N) is 2. The molecule has 0 aliphatic heterocycles. The summed E-state index contributed by atoms with van der Waals surface area (Å²) in [7, 11) is 0. The van der Waals surface area contributed by atoms with Crippen LogP contribution in [0.5, 0.6) is 5.88 Å². The van der Waals surface area contributed by atoms with Crippen LogP contribution in [-0.2, 0) is 0 Å². The Kier molecular flexibility index (Phi) is 5.10. The monoisotopic (exact) mass is 401 g/mol. The van der Waals surface area contributed by atoms with Crippen LogP contribution >= 0.6 is 12.2 Å². The van der Waals surface area contributed by atoms with E-state index in [0.29, 0.717) is 5.69 Å². The van der Waals surface area contributed by atoms with Gasteiger partial charge in [-0.25, -0.2) is 0 Å². The number of aromatic amines is 1. The molecule has 6 heteroatoms. The first-order chi connectivity index (χ1) is 14.1. The van der Waals surface area contributed by atoms with Crippen molar-refractivity contribution in [3.05, 3.63) is 99.0 Å². The molecule has 0 fully saturated rings. The molecule has 3 aromatic carbocycles. The third-order valence-corrected chi connectivity index (χ3v) is 5.12. The normalized spacial score (nSPS) is 12.4. The summed E-state index contributed by atoms with van der Waals surface area (Å²) in [5.41, 5.74) is 1.29. The van der Waals surface area contributed by atoms with Gasteiger partial charge in [0.05, 0.1) is 11.7 Å². The smallest absolute Gasteiger partial charge is 0.264 e. The highest BCUT2D eigenvalue weighted by Crippen LogP contribution is 2.26. The minimum Gasteiger partial charge on any atom is -0.494 e. The number of hydrogen-bond acceptors (Lipinski definition) is 4. The number of rotatable bonds is 4. The number of fused-ring (bicyclic) bond motifs is 1. The first kappa shape index (κ1) is 18.8. The number of hydrogen-bond donors (Lipinski definition) is 2. The summed E-state index contributed by atoms with van der Waals surface area (Å²) >= 11 is 5.35. The lowest BCUT2D eigenvalue weighted by molar-refractivity contribution is 0.433. The third-order valence-electron chi connectivity index (χ3n) is 4.84. The van der Waals surface area contributed by atoms with Gasteiger partial charge in [0.2, 0.25) is 5.88 Å². The van der Waals surface area contributed by atoms with Crippen molar-refractivity contribution >= 4 is 29.2 Å². The molecule has 1 aromatic heterocycles. The van der Waals surface area contributed by atoms with Crippen molar-refractivity contribution in [1.82, 2.24) is 9.55 Å². The second kappa shape index (κ2) is 7.85. The van der Waals surface area contributed by atoms with Gasteiger partial charge < -0.3 is 5.11 Å². The van der Waals surface area contributed by atoms with Gasteiger partial charge >= 0.3 is 0 Å². The van der Waals surface area contributed by atoms with Crippen LogP contribution in [0.2, 0.25) is 0 Å². The number of nitrogens with one attached hydrogen (secondary N) is 1. The van der Waals surface area contributed by atoms with Crippen molar-refractivity contribution in [2.75, 3.05) is 0 Å². The van der Waals surface area contributed by atoms with Crippen molar-refractivity contribution in [1.29, 1.82) is 0 Å². The highest BCUT2D eigenvalue weighted by molar-refractivity contribution is 7.71. The molecule has 0 amide bonds. The van der Waals surface area contributed by atoms with Crippen LogP contribution in [0.15, 0.2) is 82.6 Å². The standard InChI is InChI=1S/C23H19N3O2S/c1-15(16-8-3-2-4-9-16)24-14-19-21(27)25-23(29)26(22(19)28)20-13-7-11-17-10-5-6-12-18(17)20/h2-15,28H,1H3,(H,25,27,29). The quantitative estimate of drug-likeness (QED) is 0.376. The molecule has 29 heavy (non-hydrogen) atoms. The molecule has 4 rings (SSSR count). The fourth-order valence-corrected chi connectivity index (χ4v) is 3.56. The molecule has 144 valence electrons. The molecule has 4 aromatic rings. The SMILES string of the molecule is CC(N=Cc1c(O)n(-c2cccc3ccccc23)c(=S)[nH]c1=O)c1ccccc1. The Morgan fingerprint density at radius 3 is 2.52 bits per heavy atom. The molecule has 0 radical (unpaired) electrons. The Morgan fingerprint density at radius 1 is 1.03 bits per heavy atom. The number of aromatic nitrogens is 2. The molecule has 2 N–H and O–H groups in total. The van der Waals surface area contributed by atoms with E-state index in [1.54, 1.807) is 0 Å². The Hall–Kier alpha value is -3.51. The van der Waals surface area contributed by atoms with E-state index < -0.39 is 5.56 Å². The zero-order chi connectivity index (χ0) is 20.4. The first-order valence-electron chi connectivity index (χ1n) is 9.21. The van der Waals surface area contributed by atoms with Gasteiger partial charge in [0, 0.05) is 11.6 Å². The summed E-state index contributed by atoms with van der Waals surface area (Å²) in [5, 5.41) is 12.8. The Balaban J connectivity index is 1.85. The largest absolute Gasteiger partial charge is 0.494 e. The fraction of sp³-hybridized carbons (Fsp3) is 0.0870. The van der Waals surface area contributed by atoms with Crippen molar-refractivity contribution in [2.45, 2.75) is 13.0 Å². The van der Waals surface area contributed by atoms with Crippen molar-refractivity contribution in [3.63, 3.8) is 0 Å². The molecular formula is C23H19N3O2S. The Bertz CT molecular complexity index is 1320. The van der Waals surface area contributed by atoms with E-state index in [4.69, 9.17) is 12.2 Å². The second-order valence-corrected chi connectivity index (χ2v) is 7.08. The van der Waals surface area contributed by atoms with Crippen LogP contribution in [0.25, 0.3) is 16.5 Å². The molecule has 0 saturated carbocycles. The summed E-state index contributed by atoms with van der Waals surface area (Å²) in [6, 6.07) is 23.1. The number of aliphatic imine (C=N–C) groups is 1. The Morgan fingerprint density at radius 2 is 1.72 bits per heavy atom. The maximum Gasteiger partial charge on any atom is 0.264 e. The van der Waals surface area contributed by atoms with Gasteiger partial charge in [-0.1, -0.05) is 66.7 Å². The average molecular weight is 401 g/mol. The predicted octanol–water partition coefficient (Wildman–Crippen LogP) is 4.93. The van der Waals surface area contributed by atoms with Crippen LogP contribution in [-0.4, -0.2) is 20.9 Å². The molecule has 5 nitrogen and oxygen atoms in total. The summed E-state index contributed by atoms with van der Waals surface area (Å²) in [4.78, 5) is 19.6. The number of benzene rings is 3. The van der Waals surface area contributed by atoms with E-state index >= 15 is 0 Å². The van der Waals surface area contributed by atoms with E-state index in [2.05, 4.69) is 9.98 Å². The molecule has 0 saturated heterocycles. The van der Waals surface area contributed by atoms with Crippen LogP contribution in [0.3, 0.4) is 0 Å². The van der Waals surface area contributed by atoms with Gasteiger partial charge in [0.25, 0.3) is 5.56 Å². The minimum atomic E-state index is -0.479. The summed E-state index contributed by atoms with van der Waals surface area (Å²) in [6.07, 6.45) is 1.40. The molecule has 0 spiro atoms.